The summed E-state index contributed by atoms with van der Waals surface area (Å²) in [5.74, 6) is -0.609. The number of alkyl halides is 2. The van der Waals surface area contributed by atoms with Crippen LogP contribution in [0.5, 0.6) is 11.5 Å². The number of carbonyl (C=O) groups is 1. The van der Waals surface area contributed by atoms with Gasteiger partial charge >= 0.3 is 5.97 Å². The van der Waals surface area contributed by atoms with E-state index in [-0.39, 0.29) is 23.5 Å². The van der Waals surface area contributed by atoms with Gasteiger partial charge in [0.25, 0.3) is 6.43 Å². The van der Waals surface area contributed by atoms with Crippen LogP contribution in [0, 0.1) is 0 Å². The van der Waals surface area contributed by atoms with Crippen molar-refractivity contribution in [1.29, 1.82) is 0 Å². The van der Waals surface area contributed by atoms with Crippen LogP contribution in [0.2, 0.25) is 0 Å². The molecular formula is C12H13F2NO4. The topological polar surface area (TPSA) is 81.8 Å². The van der Waals surface area contributed by atoms with E-state index in [4.69, 9.17) is 20.3 Å². The molecule has 2 rings (SSSR count). The van der Waals surface area contributed by atoms with Gasteiger partial charge in [0.1, 0.15) is 13.2 Å². The highest BCUT2D eigenvalue weighted by Gasteiger charge is 2.24. The molecule has 0 amide bonds. The lowest BCUT2D eigenvalue weighted by molar-refractivity contribution is -0.137. The first kappa shape index (κ1) is 13.5. The second kappa shape index (κ2) is 5.40. The smallest absolute Gasteiger partial charge is 0.305 e. The number of hydrogen-bond acceptors (Lipinski definition) is 4. The molecule has 5 nitrogen and oxygen atoms in total. The normalized spacial score (nSPS) is 15.4. The van der Waals surface area contributed by atoms with Crippen molar-refractivity contribution < 1.29 is 28.2 Å². The number of carboxylic acid groups (broad SMARTS) is 1. The van der Waals surface area contributed by atoms with Crippen LogP contribution in [-0.4, -0.2) is 24.3 Å². The van der Waals surface area contributed by atoms with Crippen molar-refractivity contribution in [1.82, 2.24) is 0 Å². The summed E-state index contributed by atoms with van der Waals surface area (Å²) < 4.78 is 36.5. The molecule has 0 spiro atoms. The molecule has 1 aliphatic rings. The average Bonchev–Trinajstić information content (AvgIpc) is 2.36. The van der Waals surface area contributed by atoms with Crippen molar-refractivity contribution in [3.63, 3.8) is 0 Å². The summed E-state index contributed by atoms with van der Waals surface area (Å²) in [6.07, 6.45) is -3.19. The Bertz CT molecular complexity index is 493. The molecule has 7 heteroatoms. The molecule has 0 radical (unpaired) electrons. The fraction of sp³-hybridized carbons (Fsp3) is 0.417. The predicted molar refractivity (Wildman–Crippen MR) is 61.6 cm³/mol. The maximum absolute atomic E-state index is 13.0. The van der Waals surface area contributed by atoms with E-state index in [9.17, 15) is 13.6 Å². The molecule has 3 N–H and O–H groups in total. The maximum atomic E-state index is 13.0. The van der Waals surface area contributed by atoms with Crippen molar-refractivity contribution >= 4 is 5.97 Å². The molecule has 104 valence electrons. The molecule has 1 unspecified atom stereocenters. The summed E-state index contributed by atoms with van der Waals surface area (Å²) in [6, 6.07) is 1.48. The Balaban J connectivity index is 2.42. The van der Waals surface area contributed by atoms with E-state index in [1.165, 1.54) is 6.07 Å². The standard InChI is InChI=1S/C12H13F2NO4/c13-12(14)7-4-10-9(18-1-2-19-10)3-6(7)8(15)5-11(16)17/h3-4,8,12H,1-2,5,15H2,(H,16,17). The van der Waals surface area contributed by atoms with Gasteiger partial charge in [-0.15, -0.1) is 0 Å². The van der Waals surface area contributed by atoms with Crippen LogP contribution >= 0.6 is 0 Å². The van der Waals surface area contributed by atoms with Crippen molar-refractivity contribution in [3.8, 4) is 11.5 Å². The summed E-state index contributed by atoms with van der Waals surface area (Å²) in [4.78, 5) is 10.6. The number of ether oxygens (including phenoxy) is 2. The van der Waals surface area contributed by atoms with E-state index in [0.717, 1.165) is 6.07 Å². The Hall–Kier alpha value is -1.89. The molecular weight excluding hydrogens is 260 g/mol. The maximum Gasteiger partial charge on any atom is 0.305 e. The van der Waals surface area contributed by atoms with Crippen LogP contribution in [0.1, 0.15) is 30.0 Å². The number of benzene rings is 1. The van der Waals surface area contributed by atoms with Crippen LogP contribution in [-0.2, 0) is 4.79 Å². The Kier molecular flexibility index (Phi) is 3.84. The second-order valence-corrected chi connectivity index (χ2v) is 4.13. The molecule has 0 bridgehead atoms. The van der Waals surface area contributed by atoms with Gasteiger partial charge in [0.2, 0.25) is 0 Å². The molecule has 1 aliphatic heterocycles. The molecule has 0 aliphatic carbocycles. The number of aliphatic carboxylic acids is 1. The number of carboxylic acids is 1. The SMILES string of the molecule is NC(CC(=O)O)c1cc2c(cc1C(F)F)OCCO2. The highest BCUT2D eigenvalue weighted by atomic mass is 19.3. The van der Waals surface area contributed by atoms with Crippen LogP contribution in [0.3, 0.4) is 0 Å². The van der Waals surface area contributed by atoms with Gasteiger partial charge in [-0.1, -0.05) is 0 Å². The number of fused-ring (bicyclic) bond motifs is 1. The number of rotatable bonds is 4. The largest absolute Gasteiger partial charge is 0.486 e. The van der Waals surface area contributed by atoms with Crippen LogP contribution in [0.15, 0.2) is 12.1 Å². The first-order chi connectivity index (χ1) is 8.99. The van der Waals surface area contributed by atoms with E-state index in [1.807, 2.05) is 0 Å². The first-order valence-corrected chi connectivity index (χ1v) is 5.68. The minimum Gasteiger partial charge on any atom is -0.486 e. The van der Waals surface area contributed by atoms with Crippen molar-refractivity contribution in [2.45, 2.75) is 18.9 Å². The van der Waals surface area contributed by atoms with E-state index < -0.39 is 24.9 Å². The van der Waals surface area contributed by atoms with Gasteiger partial charge in [-0.05, 0) is 17.7 Å². The number of hydrogen-bond donors (Lipinski definition) is 2. The molecule has 1 aromatic rings. The molecule has 1 aromatic carbocycles. The second-order valence-electron chi connectivity index (χ2n) is 4.13. The Morgan fingerprint density at radius 3 is 2.26 bits per heavy atom. The van der Waals surface area contributed by atoms with Crippen molar-refractivity contribution in [3.05, 3.63) is 23.3 Å². The monoisotopic (exact) mass is 273 g/mol. The Labute approximate surface area is 107 Å². The molecule has 0 fully saturated rings. The summed E-state index contributed by atoms with van der Waals surface area (Å²) in [5.41, 5.74) is 5.41. The van der Waals surface area contributed by atoms with Gasteiger partial charge in [-0.3, -0.25) is 4.79 Å². The van der Waals surface area contributed by atoms with Crippen LogP contribution < -0.4 is 15.2 Å². The molecule has 0 saturated heterocycles. The quantitative estimate of drug-likeness (QED) is 0.875. The fourth-order valence-corrected chi connectivity index (χ4v) is 1.93. The van der Waals surface area contributed by atoms with Crippen LogP contribution in [0.25, 0.3) is 0 Å². The van der Waals surface area contributed by atoms with E-state index in [1.54, 1.807) is 0 Å². The summed E-state index contributed by atoms with van der Waals surface area (Å²) >= 11 is 0. The zero-order valence-corrected chi connectivity index (χ0v) is 9.94. The lowest BCUT2D eigenvalue weighted by atomic mass is 9.97. The number of halogens is 2. The zero-order valence-electron chi connectivity index (χ0n) is 9.94. The molecule has 1 heterocycles. The predicted octanol–water partition coefficient (Wildman–Crippen LogP) is 1.87. The molecule has 0 aromatic heterocycles. The van der Waals surface area contributed by atoms with Gasteiger partial charge in [0.05, 0.1) is 6.42 Å². The average molecular weight is 273 g/mol. The van der Waals surface area contributed by atoms with E-state index in [2.05, 4.69) is 0 Å². The summed E-state index contributed by atoms with van der Waals surface area (Å²) in [6.45, 7) is 0.602. The third kappa shape index (κ3) is 2.93. The minimum absolute atomic E-state index is 0.0710. The van der Waals surface area contributed by atoms with Crippen molar-refractivity contribution in [2.75, 3.05) is 13.2 Å². The zero-order chi connectivity index (χ0) is 14.0. The lowest BCUT2D eigenvalue weighted by Crippen LogP contribution is -2.20. The van der Waals surface area contributed by atoms with Crippen LogP contribution in [0.4, 0.5) is 8.78 Å². The molecule has 19 heavy (non-hydrogen) atoms. The third-order valence-electron chi connectivity index (χ3n) is 2.78. The summed E-state index contributed by atoms with van der Waals surface area (Å²) in [5, 5.41) is 8.69. The summed E-state index contributed by atoms with van der Waals surface area (Å²) in [7, 11) is 0. The van der Waals surface area contributed by atoms with Gasteiger partial charge in [-0.2, -0.15) is 0 Å². The van der Waals surface area contributed by atoms with Gasteiger partial charge in [0, 0.05) is 11.6 Å². The van der Waals surface area contributed by atoms with Gasteiger partial charge in [0.15, 0.2) is 11.5 Å². The van der Waals surface area contributed by atoms with E-state index >= 15 is 0 Å². The molecule has 1 atom stereocenters. The first-order valence-electron chi connectivity index (χ1n) is 5.68. The highest BCUT2D eigenvalue weighted by molar-refractivity contribution is 5.68. The third-order valence-corrected chi connectivity index (χ3v) is 2.78. The van der Waals surface area contributed by atoms with E-state index in [0.29, 0.717) is 12.4 Å². The van der Waals surface area contributed by atoms with Crippen molar-refractivity contribution in [2.24, 2.45) is 5.73 Å². The Morgan fingerprint density at radius 1 is 1.26 bits per heavy atom. The number of nitrogens with two attached hydrogens (primary N) is 1. The highest BCUT2D eigenvalue weighted by Crippen LogP contribution is 2.39. The lowest BCUT2D eigenvalue weighted by Gasteiger charge is -2.22. The fourth-order valence-electron chi connectivity index (χ4n) is 1.93. The van der Waals surface area contributed by atoms with Gasteiger partial charge in [-0.25, -0.2) is 8.78 Å². The van der Waals surface area contributed by atoms with Gasteiger partial charge < -0.3 is 20.3 Å². The molecule has 0 saturated carbocycles. The Morgan fingerprint density at radius 2 is 1.79 bits per heavy atom. The minimum atomic E-state index is -2.76.